The van der Waals surface area contributed by atoms with E-state index in [1.807, 2.05) is 13.8 Å². The molecule has 0 bridgehead atoms. The molecule has 1 aliphatic heterocycles. The summed E-state index contributed by atoms with van der Waals surface area (Å²) < 4.78 is 0. The number of aliphatic hydroxyl groups excluding tert-OH is 1. The highest BCUT2D eigenvalue weighted by molar-refractivity contribution is 4.85. The third kappa shape index (κ3) is 3.44. The maximum atomic E-state index is 10.3. The first-order valence-corrected chi connectivity index (χ1v) is 6.22. The normalized spacial score (nSPS) is 24.4. The van der Waals surface area contributed by atoms with Crippen LogP contribution in [0.15, 0.2) is 0 Å². The van der Waals surface area contributed by atoms with Gasteiger partial charge in [0.25, 0.3) is 0 Å². The van der Waals surface area contributed by atoms with Crippen molar-refractivity contribution in [3.05, 3.63) is 0 Å². The third-order valence-electron chi connectivity index (χ3n) is 3.77. The number of hydrogen-bond acceptors (Lipinski definition) is 3. The fourth-order valence-electron chi connectivity index (χ4n) is 2.33. The summed E-state index contributed by atoms with van der Waals surface area (Å²) in [7, 11) is 0. The van der Waals surface area contributed by atoms with Crippen LogP contribution < -0.4 is 0 Å². The minimum atomic E-state index is -0.565. The average molecular weight is 215 g/mol. The summed E-state index contributed by atoms with van der Waals surface area (Å²) in [5, 5.41) is 19.6. The molecule has 3 heteroatoms. The van der Waals surface area contributed by atoms with Gasteiger partial charge in [-0.15, -0.1) is 0 Å². The van der Waals surface area contributed by atoms with Gasteiger partial charge in [-0.3, -0.25) is 4.90 Å². The van der Waals surface area contributed by atoms with Crippen LogP contribution in [0.4, 0.5) is 0 Å². The van der Waals surface area contributed by atoms with E-state index in [1.165, 1.54) is 12.8 Å². The van der Waals surface area contributed by atoms with Crippen LogP contribution in [0.2, 0.25) is 0 Å². The molecule has 0 spiro atoms. The van der Waals surface area contributed by atoms with Gasteiger partial charge in [-0.25, -0.2) is 0 Å². The number of piperidine rings is 1. The van der Waals surface area contributed by atoms with Crippen molar-refractivity contribution >= 4 is 0 Å². The molecule has 1 rings (SSSR count). The Morgan fingerprint density at radius 1 is 1.27 bits per heavy atom. The van der Waals surface area contributed by atoms with Gasteiger partial charge in [0.1, 0.15) is 0 Å². The van der Waals surface area contributed by atoms with Crippen molar-refractivity contribution in [2.24, 2.45) is 0 Å². The smallest absolute Gasteiger partial charge is 0.0769 e. The Morgan fingerprint density at radius 3 is 2.47 bits per heavy atom. The van der Waals surface area contributed by atoms with Gasteiger partial charge in [0, 0.05) is 12.6 Å². The minimum Gasteiger partial charge on any atom is -0.395 e. The molecule has 1 saturated heterocycles. The van der Waals surface area contributed by atoms with E-state index in [0.29, 0.717) is 6.54 Å². The summed E-state index contributed by atoms with van der Waals surface area (Å²) in [6.07, 6.45) is 5.05. The molecule has 0 radical (unpaired) electrons. The summed E-state index contributed by atoms with van der Waals surface area (Å²) in [6.45, 7) is 6.02. The molecule has 1 atom stereocenters. The quantitative estimate of drug-likeness (QED) is 0.728. The Kier molecular flexibility index (Phi) is 5.03. The zero-order chi connectivity index (χ0) is 11.3. The molecule has 3 nitrogen and oxygen atoms in total. The van der Waals surface area contributed by atoms with Crippen molar-refractivity contribution in [1.29, 1.82) is 0 Å². The standard InChI is InChI=1S/C12H25NO2/c1-3-12(15,4-2)10-13-8-6-5-7-11(13)9-14/h11,14-15H,3-10H2,1-2H3. The zero-order valence-electron chi connectivity index (χ0n) is 10.1. The van der Waals surface area contributed by atoms with E-state index in [4.69, 9.17) is 0 Å². The minimum absolute atomic E-state index is 0.226. The van der Waals surface area contributed by atoms with Crippen LogP contribution in [0.25, 0.3) is 0 Å². The van der Waals surface area contributed by atoms with Crippen molar-refractivity contribution < 1.29 is 10.2 Å². The van der Waals surface area contributed by atoms with Crippen molar-refractivity contribution in [2.75, 3.05) is 19.7 Å². The number of likely N-dealkylation sites (tertiary alicyclic amines) is 1. The van der Waals surface area contributed by atoms with Gasteiger partial charge in [-0.1, -0.05) is 20.3 Å². The van der Waals surface area contributed by atoms with Gasteiger partial charge in [-0.2, -0.15) is 0 Å². The SMILES string of the molecule is CCC(O)(CC)CN1CCCCC1CO. The van der Waals surface area contributed by atoms with E-state index in [9.17, 15) is 10.2 Å². The van der Waals surface area contributed by atoms with Crippen molar-refractivity contribution in [1.82, 2.24) is 4.90 Å². The summed E-state index contributed by atoms with van der Waals surface area (Å²) in [4.78, 5) is 2.26. The molecule has 15 heavy (non-hydrogen) atoms. The molecular weight excluding hydrogens is 190 g/mol. The van der Waals surface area contributed by atoms with Crippen LogP contribution in [0.5, 0.6) is 0 Å². The number of rotatable bonds is 5. The molecule has 1 fully saturated rings. The average Bonchev–Trinajstić information content (AvgIpc) is 2.29. The summed E-state index contributed by atoms with van der Waals surface area (Å²) in [5.41, 5.74) is -0.565. The molecule has 0 amide bonds. The molecule has 2 N–H and O–H groups in total. The highest BCUT2D eigenvalue weighted by atomic mass is 16.3. The second-order valence-electron chi connectivity index (χ2n) is 4.73. The predicted octanol–water partition coefficient (Wildman–Crippen LogP) is 1.38. The van der Waals surface area contributed by atoms with Crippen molar-refractivity contribution in [3.8, 4) is 0 Å². The van der Waals surface area contributed by atoms with Gasteiger partial charge < -0.3 is 10.2 Å². The highest BCUT2D eigenvalue weighted by Crippen LogP contribution is 2.22. The van der Waals surface area contributed by atoms with Crippen LogP contribution in [-0.4, -0.2) is 46.5 Å². The van der Waals surface area contributed by atoms with E-state index in [-0.39, 0.29) is 12.6 Å². The lowest BCUT2D eigenvalue weighted by molar-refractivity contribution is -0.0310. The summed E-state index contributed by atoms with van der Waals surface area (Å²) in [6, 6.07) is 0.267. The Balaban J connectivity index is 2.53. The largest absolute Gasteiger partial charge is 0.395 e. The van der Waals surface area contributed by atoms with Gasteiger partial charge in [0.2, 0.25) is 0 Å². The number of aliphatic hydroxyl groups is 2. The van der Waals surface area contributed by atoms with Crippen LogP contribution in [0.3, 0.4) is 0 Å². The fourth-order valence-corrected chi connectivity index (χ4v) is 2.33. The van der Waals surface area contributed by atoms with E-state index in [1.54, 1.807) is 0 Å². The van der Waals surface area contributed by atoms with Gasteiger partial charge in [0.15, 0.2) is 0 Å². The fraction of sp³-hybridized carbons (Fsp3) is 1.00. The topological polar surface area (TPSA) is 43.7 Å². The van der Waals surface area contributed by atoms with E-state index in [0.717, 1.165) is 25.8 Å². The highest BCUT2D eigenvalue weighted by Gasteiger charge is 2.30. The third-order valence-corrected chi connectivity index (χ3v) is 3.77. The summed E-state index contributed by atoms with van der Waals surface area (Å²) in [5.74, 6) is 0. The first-order valence-electron chi connectivity index (χ1n) is 6.22. The predicted molar refractivity (Wildman–Crippen MR) is 61.8 cm³/mol. The second kappa shape index (κ2) is 5.83. The van der Waals surface area contributed by atoms with Crippen LogP contribution >= 0.6 is 0 Å². The van der Waals surface area contributed by atoms with Gasteiger partial charge in [0.05, 0.1) is 12.2 Å². The second-order valence-corrected chi connectivity index (χ2v) is 4.73. The van der Waals surface area contributed by atoms with Crippen LogP contribution in [-0.2, 0) is 0 Å². The number of hydrogen-bond donors (Lipinski definition) is 2. The monoisotopic (exact) mass is 215 g/mol. The lowest BCUT2D eigenvalue weighted by Gasteiger charge is -2.40. The molecule has 0 aromatic carbocycles. The molecular formula is C12H25NO2. The molecule has 1 heterocycles. The van der Waals surface area contributed by atoms with Crippen LogP contribution in [0, 0.1) is 0 Å². The number of nitrogens with zero attached hydrogens (tertiary/aromatic N) is 1. The van der Waals surface area contributed by atoms with Gasteiger partial charge in [-0.05, 0) is 32.2 Å². The van der Waals surface area contributed by atoms with E-state index in [2.05, 4.69) is 4.90 Å². The first-order chi connectivity index (χ1) is 7.15. The molecule has 1 aliphatic rings. The van der Waals surface area contributed by atoms with Crippen molar-refractivity contribution in [2.45, 2.75) is 57.6 Å². The molecule has 1 unspecified atom stereocenters. The zero-order valence-corrected chi connectivity index (χ0v) is 10.1. The number of β-amino-alcohol motifs (C(OH)–C–C–N with tert-alkyl or cyclic N) is 1. The van der Waals surface area contributed by atoms with Crippen molar-refractivity contribution in [3.63, 3.8) is 0 Å². The Bertz CT molecular complexity index is 180. The molecule has 0 aromatic rings. The Morgan fingerprint density at radius 2 is 1.93 bits per heavy atom. The Labute approximate surface area is 93.1 Å². The van der Waals surface area contributed by atoms with Gasteiger partial charge >= 0.3 is 0 Å². The first kappa shape index (κ1) is 12.9. The molecule has 0 aromatic heterocycles. The van der Waals surface area contributed by atoms with E-state index < -0.39 is 5.60 Å². The molecule has 0 aliphatic carbocycles. The molecule has 90 valence electrons. The van der Waals surface area contributed by atoms with Crippen LogP contribution in [0.1, 0.15) is 46.0 Å². The lowest BCUT2D eigenvalue weighted by atomic mass is 9.93. The summed E-state index contributed by atoms with van der Waals surface area (Å²) >= 11 is 0. The molecule has 0 saturated carbocycles. The maximum absolute atomic E-state index is 10.3. The Hall–Kier alpha value is -0.120. The lowest BCUT2D eigenvalue weighted by Crippen LogP contribution is -2.50. The maximum Gasteiger partial charge on any atom is 0.0769 e. The van der Waals surface area contributed by atoms with E-state index >= 15 is 0 Å².